The molecule has 136 valence electrons. The summed E-state index contributed by atoms with van der Waals surface area (Å²) in [6.45, 7) is 2.14. The Balaban J connectivity index is 1.51. The maximum atomic E-state index is 12.6. The molecule has 1 aliphatic rings. The largest absolute Gasteiger partial charge is 0.453 e. The molecule has 0 saturated heterocycles. The van der Waals surface area contributed by atoms with E-state index in [1.165, 1.54) is 11.3 Å². The van der Waals surface area contributed by atoms with E-state index in [1.54, 1.807) is 24.0 Å². The maximum Gasteiger partial charge on any atom is 0.307 e. The SMILES string of the molecule is CC(OC(=O)CCC(=O)c1ccc(Cl)s1)C(=O)N1CCc2ccccc21. The number of amides is 1. The molecule has 1 aromatic carbocycles. The van der Waals surface area contributed by atoms with Gasteiger partial charge in [-0.15, -0.1) is 11.3 Å². The fourth-order valence-corrected chi connectivity index (χ4v) is 3.91. The van der Waals surface area contributed by atoms with E-state index in [-0.39, 0.29) is 24.5 Å². The van der Waals surface area contributed by atoms with E-state index in [0.29, 0.717) is 15.8 Å². The number of rotatable bonds is 6. The van der Waals surface area contributed by atoms with Gasteiger partial charge in [0.25, 0.3) is 5.91 Å². The number of carbonyl (C=O) groups is 3. The van der Waals surface area contributed by atoms with Crippen molar-refractivity contribution < 1.29 is 19.1 Å². The molecule has 1 unspecified atom stereocenters. The van der Waals surface area contributed by atoms with Crippen LogP contribution in [0.15, 0.2) is 36.4 Å². The smallest absolute Gasteiger partial charge is 0.307 e. The Labute approximate surface area is 160 Å². The lowest BCUT2D eigenvalue weighted by Crippen LogP contribution is -2.39. The molecule has 1 atom stereocenters. The minimum Gasteiger partial charge on any atom is -0.453 e. The molecule has 0 radical (unpaired) electrons. The van der Waals surface area contributed by atoms with Gasteiger partial charge in [0.05, 0.1) is 15.6 Å². The summed E-state index contributed by atoms with van der Waals surface area (Å²) < 4.78 is 5.75. The van der Waals surface area contributed by atoms with Crippen LogP contribution in [-0.4, -0.2) is 30.3 Å². The van der Waals surface area contributed by atoms with Gasteiger partial charge in [0, 0.05) is 18.7 Å². The van der Waals surface area contributed by atoms with E-state index in [0.717, 1.165) is 17.7 Å². The average molecular weight is 392 g/mol. The fraction of sp³-hybridized carbons (Fsp3) is 0.316. The molecule has 1 aromatic heterocycles. The number of nitrogens with zero attached hydrogens (tertiary/aromatic N) is 1. The number of hydrogen-bond acceptors (Lipinski definition) is 5. The zero-order chi connectivity index (χ0) is 18.7. The summed E-state index contributed by atoms with van der Waals surface area (Å²) in [7, 11) is 0. The van der Waals surface area contributed by atoms with Crippen LogP contribution in [0.5, 0.6) is 0 Å². The van der Waals surface area contributed by atoms with Crippen LogP contribution in [0, 0.1) is 0 Å². The van der Waals surface area contributed by atoms with Crippen molar-refractivity contribution in [2.75, 3.05) is 11.4 Å². The lowest BCUT2D eigenvalue weighted by molar-refractivity contribution is -0.153. The van der Waals surface area contributed by atoms with Crippen LogP contribution in [0.3, 0.4) is 0 Å². The third-order valence-electron chi connectivity index (χ3n) is 4.21. The molecule has 0 saturated carbocycles. The van der Waals surface area contributed by atoms with Gasteiger partial charge in [-0.05, 0) is 37.1 Å². The summed E-state index contributed by atoms with van der Waals surface area (Å²) in [6.07, 6.45) is -0.133. The van der Waals surface area contributed by atoms with Crippen molar-refractivity contribution in [2.24, 2.45) is 0 Å². The number of thiophene rings is 1. The number of Topliss-reactive ketones (excluding diaryl/α,β-unsaturated/α-hetero) is 1. The molecule has 0 aliphatic carbocycles. The quantitative estimate of drug-likeness (QED) is 0.553. The molecule has 0 spiro atoms. The van der Waals surface area contributed by atoms with Crippen LogP contribution < -0.4 is 4.90 Å². The van der Waals surface area contributed by atoms with Gasteiger partial charge in [0.2, 0.25) is 0 Å². The molecule has 2 heterocycles. The zero-order valence-electron chi connectivity index (χ0n) is 14.2. The van der Waals surface area contributed by atoms with Gasteiger partial charge >= 0.3 is 5.97 Å². The molecular formula is C19H18ClNO4S. The molecule has 3 rings (SSSR count). The summed E-state index contributed by atoms with van der Waals surface area (Å²) in [5.41, 5.74) is 1.98. The number of ether oxygens (including phenoxy) is 1. The first-order valence-corrected chi connectivity index (χ1v) is 9.52. The fourth-order valence-electron chi connectivity index (χ4n) is 2.90. The molecule has 0 bridgehead atoms. The lowest BCUT2D eigenvalue weighted by atomic mass is 10.2. The van der Waals surface area contributed by atoms with Gasteiger partial charge < -0.3 is 9.64 Å². The zero-order valence-corrected chi connectivity index (χ0v) is 15.8. The Morgan fingerprint density at radius 3 is 2.69 bits per heavy atom. The molecule has 1 aliphatic heterocycles. The van der Waals surface area contributed by atoms with Crippen molar-refractivity contribution in [2.45, 2.75) is 32.3 Å². The van der Waals surface area contributed by atoms with E-state index < -0.39 is 12.1 Å². The summed E-state index contributed by atoms with van der Waals surface area (Å²) in [5, 5.41) is 0. The first-order chi connectivity index (χ1) is 12.5. The summed E-state index contributed by atoms with van der Waals surface area (Å²) in [6, 6.07) is 11.0. The second-order valence-corrected chi connectivity index (χ2v) is 7.74. The highest BCUT2D eigenvalue weighted by molar-refractivity contribution is 7.18. The third-order valence-corrected chi connectivity index (χ3v) is 5.49. The number of benzene rings is 1. The normalized spacial score (nSPS) is 14.0. The van der Waals surface area contributed by atoms with Gasteiger partial charge in [0.15, 0.2) is 11.9 Å². The second-order valence-electron chi connectivity index (χ2n) is 6.03. The van der Waals surface area contributed by atoms with E-state index >= 15 is 0 Å². The first-order valence-electron chi connectivity index (χ1n) is 8.33. The predicted molar refractivity (Wildman–Crippen MR) is 101 cm³/mol. The molecule has 26 heavy (non-hydrogen) atoms. The Morgan fingerprint density at radius 1 is 1.19 bits per heavy atom. The molecule has 0 N–H and O–H groups in total. The van der Waals surface area contributed by atoms with Gasteiger partial charge in [-0.25, -0.2) is 0 Å². The van der Waals surface area contributed by atoms with Crippen LogP contribution in [0.25, 0.3) is 0 Å². The van der Waals surface area contributed by atoms with E-state index in [9.17, 15) is 14.4 Å². The number of ketones is 1. The van der Waals surface area contributed by atoms with Gasteiger partial charge in [0.1, 0.15) is 0 Å². The maximum absolute atomic E-state index is 12.6. The molecule has 1 amide bonds. The molecule has 5 nitrogen and oxygen atoms in total. The van der Waals surface area contributed by atoms with Crippen LogP contribution in [-0.2, 0) is 20.7 Å². The number of esters is 1. The topological polar surface area (TPSA) is 63.7 Å². The summed E-state index contributed by atoms with van der Waals surface area (Å²) >= 11 is 6.98. The average Bonchev–Trinajstić information content (AvgIpc) is 3.25. The van der Waals surface area contributed by atoms with E-state index in [4.69, 9.17) is 16.3 Å². The highest BCUT2D eigenvalue weighted by Crippen LogP contribution is 2.28. The predicted octanol–water partition coefficient (Wildman–Crippen LogP) is 3.89. The van der Waals surface area contributed by atoms with Crippen molar-refractivity contribution in [3.8, 4) is 0 Å². The van der Waals surface area contributed by atoms with E-state index in [2.05, 4.69) is 0 Å². The van der Waals surface area contributed by atoms with Crippen molar-refractivity contribution in [1.82, 2.24) is 0 Å². The highest BCUT2D eigenvalue weighted by atomic mass is 35.5. The number of para-hydroxylation sites is 1. The van der Waals surface area contributed by atoms with Gasteiger partial charge in [-0.3, -0.25) is 14.4 Å². The highest BCUT2D eigenvalue weighted by Gasteiger charge is 2.29. The van der Waals surface area contributed by atoms with Gasteiger partial charge in [-0.2, -0.15) is 0 Å². The van der Waals surface area contributed by atoms with E-state index in [1.807, 2.05) is 24.3 Å². The molecule has 7 heteroatoms. The first kappa shape index (κ1) is 18.6. The van der Waals surface area contributed by atoms with Crippen molar-refractivity contribution >= 4 is 46.3 Å². The van der Waals surface area contributed by atoms with Crippen LogP contribution in [0.4, 0.5) is 5.69 Å². The Morgan fingerprint density at radius 2 is 1.96 bits per heavy atom. The van der Waals surface area contributed by atoms with Crippen LogP contribution >= 0.6 is 22.9 Å². The Bertz CT molecular complexity index is 848. The Hall–Kier alpha value is -2.18. The third kappa shape index (κ3) is 4.14. The summed E-state index contributed by atoms with van der Waals surface area (Å²) in [5.74, 6) is -0.972. The number of anilines is 1. The summed E-state index contributed by atoms with van der Waals surface area (Å²) in [4.78, 5) is 38.7. The number of hydrogen-bond donors (Lipinski definition) is 0. The van der Waals surface area contributed by atoms with Crippen LogP contribution in [0.2, 0.25) is 4.34 Å². The minimum atomic E-state index is -0.889. The minimum absolute atomic E-state index is 0.0309. The van der Waals surface area contributed by atoms with Crippen molar-refractivity contribution in [1.29, 1.82) is 0 Å². The number of fused-ring (bicyclic) bond motifs is 1. The Kier molecular flexibility index (Phi) is 5.74. The second kappa shape index (κ2) is 8.01. The van der Waals surface area contributed by atoms with Crippen molar-refractivity contribution in [3.63, 3.8) is 0 Å². The standard InChI is InChI=1S/C19H18ClNO4S/c1-12(19(24)21-11-10-13-4-2-3-5-14(13)21)25-18(23)9-6-15(22)16-7-8-17(20)26-16/h2-5,7-8,12H,6,9-11H2,1H3. The number of carbonyl (C=O) groups excluding carboxylic acids is 3. The molecule has 2 aromatic rings. The number of halogens is 1. The van der Waals surface area contributed by atoms with Crippen molar-refractivity contribution in [3.05, 3.63) is 51.2 Å². The van der Waals surface area contributed by atoms with Gasteiger partial charge in [-0.1, -0.05) is 29.8 Å². The molecule has 0 fully saturated rings. The lowest BCUT2D eigenvalue weighted by Gasteiger charge is -2.21. The molecular weight excluding hydrogens is 374 g/mol. The monoisotopic (exact) mass is 391 g/mol. The van der Waals surface area contributed by atoms with Crippen LogP contribution in [0.1, 0.15) is 35.0 Å².